The molecule has 304 valence electrons. The van der Waals surface area contributed by atoms with E-state index in [9.17, 15) is 36.4 Å². The molecule has 15 nitrogen and oxygen atoms in total. The second kappa shape index (κ2) is 15.7. The SMILES string of the molecule is CCOc1ncccc1C1(NC(=O)N2CCC3(CCN(CC)CC3)C(OC(=O)C(F)(F)F)C2)C(=O)N(S(=O)(=O)c2ccc(OC)cc2OC)c2ccc(C#N)cc21. The van der Waals surface area contributed by atoms with Crippen LogP contribution in [0, 0.1) is 16.7 Å². The number of likely N-dealkylation sites (tertiary alicyclic amines) is 2. The van der Waals surface area contributed by atoms with E-state index in [-0.39, 0.29) is 59.3 Å². The molecule has 0 radical (unpaired) electrons. The van der Waals surface area contributed by atoms with Gasteiger partial charge in [-0.05, 0) is 88.3 Å². The molecule has 19 heteroatoms. The summed E-state index contributed by atoms with van der Waals surface area (Å²) >= 11 is 0. The molecule has 0 aliphatic carbocycles. The fraction of sp³-hybridized carbons (Fsp3) is 0.447. The van der Waals surface area contributed by atoms with Crippen LogP contribution in [0.5, 0.6) is 17.4 Å². The van der Waals surface area contributed by atoms with Gasteiger partial charge in [-0.3, -0.25) is 4.79 Å². The highest BCUT2D eigenvalue weighted by Crippen LogP contribution is 2.50. The van der Waals surface area contributed by atoms with Crippen LogP contribution in [0.3, 0.4) is 0 Å². The van der Waals surface area contributed by atoms with Gasteiger partial charge in [0.1, 0.15) is 22.5 Å². The Bertz CT molecular complexity index is 2210. The number of amides is 3. The number of fused-ring (bicyclic) bond motifs is 1. The number of methoxy groups -OCH3 is 2. The van der Waals surface area contributed by atoms with Crippen molar-refractivity contribution in [2.75, 3.05) is 57.9 Å². The number of nitrogens with one attached hydrogen (secondary N) is 1. The van der Waals surface area contributed by atoms with Crippen molar-refractivity contribution >= 4 is 33.6 Å². The Hall–Kier alpha value is -5.61. The van der Waals surface area contributed by atoms with Crippen molar-refractivity contribution < 1.29 is 54.9 Å². The van der Waals surface area contributed by atoms with Crippen molar-refractivity contribution in [2.24, 2.45) is 5.41 Å². The van der Waals surface area contributed by atoms with E-state index >= 15 is 4.79 Å². The molecule has 2 atom stereocenters. The molecule has 2 aromatic carbocycles. The number of urea groups is 1. The third-order valence-corrected chi connectivity index (χ3v) is 12.6. The lowest BCUT2D eigenvalue weighted by Gasteiger charge is -2.51. The van der Waals surface area contributed by atoms with Gasteiger partial charge >= 0.3 is 18.2 Å². The minimum Gasteiger partial charge on any atom is -0.497 e. The number of carbonyl (C=O) groups excluding carboxylic acids is 3. The van der Waals surface area contributed by atoms with Crippen molar-refractivity contribution in [3.63, 3.8) is 0 Å². The lowest BCUT2D eigenvalue weighted by Crippen LogP contribution is -2.62. The number of carbonyl (C=O) groups is 3. The van der Waals surface area contributed by atoms with Gasteiger partial charge in [-0.15, -0.1) is 0 Å². The Labute approximate surface area is 327 Å². The Balaban J connectivity index is 1.49. The number of aromatic nitrogens is 1. The summed E-state index contributed by atoms with van der Waals surface area (Å²) in [5, 5.41) is 12.7. The van der Waals surface area contributed by atoms with E-state index < -0.39 is 62.6 Å². The number of sulfonamides is 1. The molecule has 3 aliphatic heterocycles. The van der Waals surface area contributed by atoms with E-state index in [0.29, 0.717) is 30.2 Å². The van der Waals surface area contributed by atoms with E-state index in [1.807, 2.05) is 13.0 Å². The lowest BCUT2D eigenvalue weighted by molar-refractivity contribution is -0.215. The van der Waals surface area contributed by atoms with Crippen LogP contribution in [0.15, 0.2) is 59.6 Å². The van der Waals surface area contributed by atoms with Crippen LogP contribution >= 0.6 is 0 Å². The molecule has 1 spiro atoms. The topological polar surface area (TPSA) is 181 Å². The average molecular weight is 815 g/mol. The largest absolute Gasteiger partial charge is 0.497 e. The summed E-state index contributed by atoms with van der Waals surface area (Å²) in [6.07, 6.45) is -4.31. The quantitative estimate of drug-likeness (QED) is 0.287. The molecular formula is C38H41F3N6O9S. The molecule has 2 unspecified atom stereocenters. The zero-order chi connectivity index (χ0) is 41.3. The molecule has 1 N–H and O–H groups in total. The molecule has 3 aliphatic rings. The molecule has 2 fully saturated rings. The van der Waals surface area contributed by atoms with Gasteiger partial charge in [0.25, 0.3) is 15.9 Å². The fourth-order valence-electron chi connectivity index (χ4n) is 7.83. The maximum absolute atomic E-state index is 15.3. The van der Waals surface area contributed by atoms with Crippen molar-refractivity contribution in [3.8, 4) is 23.4 Å². The van der Waals surface area contributed by atoms with Crippen LogP contribution < -0.4 is 23.8 Å². The number of benzene rings is 2. The number of alkyl halides is 3. The highest BCUT2D eigenvalue weighted by Gasteiger charge is 2.60. The average Bonchev–Trinajstić information content (AvgIpc) is 3.45. The van der Waals surface area contributed by atoms with Gasteiger partial charge in [-0.25, -0.2) is 23.0 Å². The van der Waals surface area contributed by atoms with Crippen LogP contribution in [0.2, 0.25) is 0 Å². The van der Waals surface area contributed by atoms with E-state index in [1.54, 1.807) is 6.92 Å². The lowest BCUT2D eigenvalue weighted by atomic mass is 9.69. The number of halogens is 3. The standard InChI is InChI=1S/C38H41F3N6O9S/c1-5-45-17-13-36(14-18-45)15-19-46(23-31(36)56-34(49)38(39,40)41)35(50)44-37(26-8-7-16-43-32(26)55-6-2)27-20-24(22-42)9-11-28(27)47(33(37)48)57(51,52)30-12-10-25(53-3)21-29(30)54-4/h7-12,16,20-21,31H,5-6,13-15,17-19,23H2,1-4H3,(H,44,50). The minimum atomic E-state index is -5.30. The maximum Gasteiger partial charge on any atom is 0.490 e. The number of hydrogen-bond acceptors (Lipinski definition) is 12. The van der Waals surface area contributed by atoms with Gasteiger partial charge in [-0.2, -0.15) is 22.7 Å². The third kappa shape index (κ3) is 7.27. The van der Waals surface area contributed by atoms with E-state index in [2.05, 4.69) is 15.2 Å². The summed E-state index contributed by atoms with van der Waals surface area (Å²) in [4.78, 5) is 49.4. The highest BCUT2D eigenvalue weighted by atomic mass is 32.2. The highest BCUT2D eigenvalue weighted by molar-refractivity contribution is 7.93. The molecule has 1 aromatic heterocycles. The van der Waals surface area contributed by atoms with Gasteiger partial charge < -0.3 is 34.1 Å². The number of nitriles is 1. The Morgan fingerprint density at radius 1 is 1.02 bits per heavy atom. The number of hydrogen-bond donors (Lipinski definition) is 1. The molecule has 0 saturated carbocycles. The smallest absolute Gasteiger partial charge is 0.490 e. The van der Waals surface area contributed by atoms with Gasteiger partial charge in [0.15, 0.2) is 5.54 Å². The first-order valence-corrected chi connectivity index (χ1v) is 19.6. The zero-order valence-electron chi connectivity index (χ0n) is 31.6. The van der Waals surface area contributed by atoms with Crippen molar-refractivity contribution in [1.29, 1.82) is 5.26 Å². The monoisotopic (exact) mass is 814 g/mol. The Morgan fingerprint density at radius 2 is 1.74 bits per heavy atom. The van der Waals surface area contributed by atoms with Gasteiger partial charge in [0, 0.05) is 29.8 Å². The van der Waals surface area contributed by atoms with E-state index in [4.69, 9.17) is 18.9 Å². The van der Waals surface area contributed by atoms with Gasteiger partial charge in [0.2, 0.25) is 5.88 Å². The van der Waals surface area contributed by atoms with Crippen LogP contribution in [0.1, 0.15) is 49.8 Å². The number of nitrogens with zero attached hydrogens (tertiary/aromatic N) is 5. The second-order valence-electron chi connectivity index (χ2n) is 13.8. The zero-order valence-corrected chi connectivity index (χ0v) is 32.4. The van der Waals surface area contributed by atoms with Crippen LogP contribution in [0.25, 0.3) is 0 Å². The molecular weight excluding hydrogens is 774 g/mol. The van der Waals surface area contributed by atoms with Gasteiger partial charge in [0.05, 0.1) is 50.3 Å². The molecule has 57 heavy (non-hydrogen) atoms. The fourth-order valence-corrected chi connectivity index (χ4v) is 9.44. The number of anilines is 1. The summed E-state index contributed by atoms with van der Waals surface area (Å²) in [5.41, 5.74) is -3.77. The van der Waals surface area contributed by atoms with Crippen molar-refractivity contribution in [1.82, 2.24) is 20.1 Å². The summed E-state index contributed by atoms with van der Waals surface area (Å²) < 4.78 is 92.3. The van der Waals surface area contributed by atoms with Crippen LogP contribution in [0.4, 0.5) is 23.7 Å². The first-order valence-electron chi connectivity index (χ1n) is 18.1. The summed E-state index contributed by atoms with van der Waals surface area (Å²) in [6, 6.07) is 11.5. The van der Waals surface area contributed by atoms with E-state index in [1.165, 1.54) is 68.9 Å². The number of rotatable bonds is 10. The molecule has 3 amide bonds. The Morgan fingerprint density at radius 3 is 2.37 bits per heavy atom. The second-order valence-corrected chi connectivity index (χ2v) is 15.5. The van der Waals surface area contributed by atoms with E-state index in [0.717, 1.165) is 11.4 Å². The normalized spacial score (nSPS) is 20.7. The minimum absolute atomic E-state index is 0.000707. The predicted octanol–water partition coefficient (Wildman–Crippen LogP) is 4.34. The molecule has 6 rings (SSSR count). The molecule has 2 saturated heterocycles. The molecule has 4 heterocycles. The maximum atomic E-state index is 15.3. The number of ether oxygens (including phenoxy) is 4. The number of pyridine rings is 1. The predicted molar refractivity (Wildman–Crippen MR) is 196 cm³/mol. The first-order chi connectivity index (χ1) is 27.1. The van der Waals surface area contributed by atoms with Crippen molar-refractivity contribution in [3.05, 3.63) is 71.4 Å². The third-order valence-electron chi connectivity index (χ3n) is 10.9. The Kier molecular flexibility index (Phi) is 11.3. The molecule has 0 bridgehead atoms. The van der Waals surface area contributed by atoms with Crippen LogP contribution in [-0.2, 0) is 29.9 Å². The summed E-state index contributed by atoms with van der Waals surface area (Å²) in [7, 11) is -2.28. The van der Waals surface area contributed by atoms with Crippen LogP contribution in [-0.4, -0.2) is 107 Å². The number of esters is 1. The first kappa shape index (κ1) is 41.0. The van der Waals surface area contributed by atoms with Gasteiger partial charge in [-0.1, -0.05) is 6.92 Å². The van der Waals surface area contributed by atoms with Crippen molar-refractivity contribution in [2.45, 2.75) is 55.8 Å². The number of piperidine rings is 2. The summed E-state index contributed by atoms with van der Waals surface area (Å²) in [5.74, 6) is -3.66. The summed E-state index contributed by atoms with van der Waals surface area (Å²) in [6.45, 7) is 4.98. The molecule has 3 aromatic rings.